The van der Waals surface area contributed by atoms with Gasteiger partial charge in [0.25, 0.3) is 0 Å². The smallest absolute Gasteiger partial charge is 0.250 e. The van der Waals surface area contributed by atoms with Crippen LogP contribution in [0, 0.1) is 0 Å². The van der Waals surface area contributed by atoms with Gasteiger partial charge >= 0.3 is 0 Å². The summed E-state index contributed by atoms with van der Waals surface area (Å²) in [4.78, 5) is 27.6. The van der Waals surface area contributed by atoms with Crippen LogP contribution < -0.4 is 16.4 Å². The summed E-state index contributed by atoms with van der Waals surface area (Å²) >= 11 is 0. The van der Waals surface area contributed by atoms with Crippen molar-refractivity contribution in [3.05, 3.63) is 60.2 Å². The van der Waals surface area contributed by atoms with Crippen LogP contribution in [0.2, 0.25) is 0 Å². The van der Waals surface area contributed by atoms with Crippen LogP contribution >= 0.6 is 24.8 Å². The number of nitrogens with one attached hydrogen (secondary N) is 2. The topological polar surface area (TPSA) is 87.5 Å². The molecule has 4 N–H and O–H groups in total. The Hall–Kier alpha value is -2.28. The molecule has 0 unspecified atom stereocenters. The van der Waals surface area contributed by atoms with E-state index in [2.05, 4.69) is 10.6 Å². The van der Waals surface area contributed by atoms with Gasteiger partial charge in [0.05, 0.1) is 16.9 Å². The fourth-order valence-corrected chi connectivity index (χ4v) is 4.16. The van der Waals surface area contributed by atoms with Crippen molar-refractivity contribution in [1.82, 2.24) is 4.90 Å². The average molecular weight is 451 g/mol. The first-order chi connectivity index (χ1) is 13.4. The van der Waals surface area contributed by atoms with Crippen molar-refractivity contribution in [2.45, 2.75) is 37.3 Å². The molecule has 2 heterocycles. The van der Waals surface area contributed by atoms with Crippen LogP contribution in [-0.2, 0) is 16.0 Å². The first-order valence-corrected chi connectivity index (χ1v) is 9.71. The number of amides is 2. The van der Waals surface area contributed by atoms with Gasteiger partial charge in [0.1, 0.15) is 5.54 Å². The van der Waals surface area contributed by atoms with Crippen molar-refractivity contribution in [3.8, 4) is 0 Å². The molecule has 162 valence electrons. The summed E-state index contributed by atoms with van der Waals surface area (Å²) in [6.07, 6.45) is 1.60. The molecular weight excluding hydrogens is 423 g/mol. The minimum Gasteiger partial charge on any atom is -0.369 e. The van der Waals surface area contributed by atoms with Crippen molar-refractivity contribution in [3.63, 3.8) is 0 Å². The Balaban J connectivity index is 0.00000160. The molecule has 6 nitrogen and oxygen atoms in total. The zero-order valence-corrected chi connectivity index (χ0v) is 18.5. The summed E-state index contributed by atoms with van der Waals surface area (Å²) in [5.74, 6) is -0.0964. The zero-order valence-electron chi connectivity index (χ0n) is 16.9. The quantitative estimate of drug-likeness (QED) is 0.669. The molecule has 0 aliphatic carbocycles. The molecule has 2 aliphatic heterocycles. The predicted molar refractivity (Wildman–Crippen MR) is 124 cm³/mol. The molecule has 4 rings (SSSR count). The Kier molecular flexibility index (Phi) is 7.40. The van der Waals surface area contributed by atoms with E-state index in [-0.39, 0.29) is 36.6 Å². The minimum absolute atomic E-state index is 0. The number of hydrogen-bond donors (Lipinski definition) is 3. The maximum Gasteiger partial charge on any atom is 0.250 e. The van der Waals surface area contributed by atoms with E-state index >= 15 is 0 Å². The highest BCUT2D eigenvalue weighted by atomic mass is 35.5. The second-order valence-electron chi connectivity index (χ2n) is 8.08. The van der Waals surface area contributed by atoms with E-state index in [1.165, 1.54) is 0 Å². The number of hydrogen-bond acceptors (Lipinski definition) is 4. The van der Waals surface area contributed by atoms with Gasteiger partial charge in [-0.25, -0.2) is 0 Å². The lowest BCUT2D eigenvalue weighted by Gasteiger charge is -2.45. The predicted octanol–water partition coefficient (Wildman–Crippen LogP) is 3.22. The normalized spacial score (nSPS) is 18.6. The van der Waals surface area contributed by atoms with Gasteiger partial charge in [-0.2, -0.15) is 0 Å². The third-order valence-corrected chi connectivity index (χ3v) is 5.79. The number of para-hydroxylation sites is 2. The third-order valence-electron chi connectivity index (χ3n) is 5.79. The number of anilines is 2. The second-order valence-corrected chi connectivity index (χ2v) is 8.08. The van der Waals surface area contributed by atoms with Gasteiger partial charge in [0.2, 0.25) is 11.8 Å². The summed E-state index contributed by atoms with van der Waals surface area (Å²) in [5.41, 5.74) is 7.52. The van der Waals surface area contributed by atoms with Crippen molar-refractivity contribution in [1.29, 1.82) is 0 Å². The third kappa shape index (κ3) is 4.56. The van der Waals surface area contributed by atoms with Crippen LogP contribution in [0.5, 0.6) is 0 Å². The summed E-state index contributed by atoms with van der Waals surface area (Å²) in [6, 6.07) is 17.5. The largest absolute Gasteiger partial charge is 0.369 e. The van der Waals surface area contributed by atoms with Crippen LogP contribution in [-0.4, -0.2) is 40.9 Å². The maximum atomic E-state index is 13.1. The molecule has 0 aromatic heterocycles. The number of likely N-dealkylation sites (tertiary alicyclic amines) is 1. The number of benzene rings is 2. The van der Waals surface area contributed by atoms with Crippen LogP contribution in [0.1, 0.15) is 25.3 Å². The van der Waals surface area contributed by atoms with Gasteiger partial charge in [0.15, 0.2) is 0 Å². The standard InChI is InChI=1S/C22H26N4O2.2ClH/c1-21(23,15-16-7-3-2-4-8-16)20(28)26-13-11-22(12-14-26)19(27)24-17-9-5-6-10-18(17)25-22;;/h2-10,25H,11-15,23H2,1H3,(H,24,27);2*1H/t21-;;/m0../s1. The Labute approximate surface area is 189 Å². The Bertz CT molecular complexity index is 897. The van der Waals surface area contributed by atoms with E-state index in [1.54, 1.807) is 11.8 Å². The molecule has 30 heavy (non-hydrogen) atoms. The molecule has 2 amide bonds. The minimum atomic E-state index is -0.972. The molecule has 1 spiro atoms. The molecule has 2 aromatic carbocycles. The van der Waals surface area contributed by atoms with Crippen molar-refractivity contribution in [2.75, 3.05) is 23.7 Å². The number of fused-ring (bicyclic) bond motifs is 1. The summed E-state index contributed by atoms with van der Waals surface area (Å²) in [6.45, 7) is 2.79. The lowest BCUT2D eigenvalue weighted by molar-refractivity contribution is -0.139. The molecule has 1 atom stereocenters. The van der Waals surface area contributed by atoms with E-state index in [0.29, 0.717) is 32.4 Å². The molecule has 2 aliphatic rings. The number of rotatable bonds is 3. The Morgan fingerprint density at radius 2 is 1.60 bits per heavy atom. The fourth-order valence-electron chi connectivity index (χ4n) is 4.16. The summed E-state index contributed by atoms with van der Waals surface area (Å²) in [5, 5.41) is 6.42. The number of carbonyl (C=O) groups is 2. The number of carbonyl (C=O) groups excluding carboxylic acids is 2. The lowest BCUT2D eigenvalue weighted by atomic mass is 9.83. The highest BCUT2D eigenvalue weighted by Gasteiger charge is 2.46. The molecule has 1 saturated heterocycles. The first-order valence-electron chi connectivity index (χ1n) is 9.71. The van der Waals surface area contributed by atoms with Gasteiger partial charge in [-0.15, -0.1) is 24.8 Å². The van der Waals surface area contributed by atoms with Gasteiger partial charge < -0.3 is 21.3 Å². The van der Waals surface area contributed by atoms with Crippen molar-refractivity contribution in [2.24, 2.45) is 5.73 Å². The fraction of sp³-hybridized carbons (Fsp3) is 0.364. The average Bonchev–Trinajstić information content (AvgIpc) is 2.69. The monoisotopic (exact) mass is 450 g/mol. The van der Waals surface area contributed by atoms with Gasteiger partial charge in [0, 0.05) is 13.1 Å². The van der Waals surface area contributed by atoms with Crippen LogP contribution in [0.25, 0.3) is 0 Å². The van der Waals surface area contributed by atoms with E-state index in [1.807, 2.05) is 54.6 Å². The molecule has 0 radical (unpaired) electrons. The van der Waals surface area contributed by atoms with E-state index in [4.69, 9.17) is 5.73 Å². The molecule has 1 fully saturated rings. The molecular formula is C22H28Cl2N4O2. The van der Waals surface area contributed by atoms with Gasteiger partial charge in [-0.3, -0.25) is 9.59 Å². The van der Waals surface area contributed by atoms with Crippen LogP contribution in [0.4, 0.5) is 11.4 Å². The molecule has 0 bridgehead atoms. The molecule has 8 heteroatoms. The highest BCUT2D eigenvalue weighted by Crippen LogP contribution is 2.36. The van der Waals surface area contributed by atoms with E-state index in [9.17, 15) is 9.59 Å². The molecule has 2 aromatic rings. The van der Waals surface area contributed by atoms with Crippen molar-refractivity contribution >= 4 is 48.0 Å². The lowest BCUT2D eigenvalue weighted by Crippen LogP contribution is -2.62. The Morgan fingerprint density at radius 1 is 1.03 bits per heavy atom. The summed E-state index contributed by atoms with van der Waals surface area (Å²) in [7, 11) is 0. The highest BCUT2D eigenvalue weighted by molar-refractivity contribution is 6.06. The van der Waals surface area contributed by atoms with Gasteiger partial charge in [-0.1, -0.05) is 42.5 Å². The van der Waals surface area contributed by atoms with E-state index < -0.39 is 11.1 Å². The SMILES string of the molecule is C[C@](N)(Cc1ccccc1)C(=O)N1CCC2(CC1)Nc1ccccc1NC2=O.Cl.Cl. The molecule has 0 saturated carbocycles. The van der Waals surface area contributed by atoms with Crippen LogP contribution in [0.15, 0.2) is 54.6 Å². The van der Waals surface area contributed by atoms with E-state index in [0.717, 1.165) is 16.9 Å². The second kappa shape index (κ2) is 9.25. The number of nitrogens with zero attached hydrogens (tertiary/aromatic N) is 1. The first kappa shape index (κ1) is 24.0. The Morgan fingerprint density at radius 3 is 2.23 bits per heavy atom. The van der Waals surface area contributed by atoms with Crippen LogP contribution in [0.3, 0.4) is 0 Å². The van der Waals surface area contributed by atoms with Gasteiger partial charge in [-0.05, 0) is 43.9 Å². The zero-order chi connectivity index (χ0) is 19.8. The van der Waals surface area contributed by atoms with Crippen molar-refractivity contribution < 1.29 is 9.59 Å². The summed E-state index contributed by atoms with van der Waals surface area (Å²) < 4.78 is 0. The maximum absolute atomic E-state index is 13.1. The number of nitrogens with two attached hydrogens (primary N) is 1. The number of piperidine rings is 1. The number of halogens is 2.